The van der Waals surface area contributed by atoms with Crippen LogP contribution in [0.1, 0.15) is 18.9 Å². The SMILES string of the molecule is CCNC(=O)N1c2ccccc2OC(=O)[C@H]1CC(=O)Nc1ccc(C)cc1. The second-order valence-electron chi connectivity index (χ2n) is 6.23. The van der Waals surface area contributed by atoms with Crippen LogP contribution in [0.15, 0.2) is 48.5 Å². The molecule has 0 aliphatic carbocycles. The number of benzene rings is 2. The molecular weight excluding hydrogens is 346 g/mol. The number of para-hydroxylation sites is 2. The van der Waals surface area contributed by atoms with Gasteiger partial charge in [-0.05, 0) is 38.1 Å². The van der Waals surface area contributed by atoms with Crippen molar-refractivity contribution in [1.29, 1.82) is 0 Å². The molecule has 0 radical (unpaired) electrons. The van der Waals surface area contributed by atoms with Crippen LogP contribution in [0.25, 0.3) is 0 Å². The average Bonchev–Trinajstić information content (AvgIpc) is 2.64. The van der Waals surface area contributed by atoms with Gasteiger partial charge in [0, 0.05) is 12.2 Å². The van der Waals surface area contributed by atoms with E-state index in [9.17, 15) is 14.4 Å². The Kier molecular flexibility index (Phi) is 5.40. The first-order chi connectivity index (χ1) is 13.0. The number of hydrogen-bond donors (Lipinski definition) is 2. The fourth-order valence-corrected chi connectivity index (χ4v) is 2.88. The zero-order valence-corrected chi connectivity index (χ0v) is 15.2. The Morgan fingerprint density at radius 1 is 1.11 bits per heavy atom. The third-order valence-electron chi connectivity index (χ3n) is 4.18. The summed E-state index contributed by atoms with van der Waals surface area (Å²) >= 11 is 0. The van der Waals surface area contributed by atoms with E-state index in [4.69, 9.17) is 4.74 Å². The molecule has 0 aromatic heterocycles. The molecule has 2 aromatic rings. The van der Waals surface area contributed by atoms with E-state index in [0.29, 0.717) is 23.7 Å². The van der Waals surface area contributed by atoms with Crippen molar-refractivity contribution in [3.8, 4) is 5.75 Å². The van der Waals surface area contributed by atoms with Crippen molar-refractivity contribution in [2.75, 3.05) is 16.8 Å². The van der Waals surface area contributed by atoms with Gasteiger partial charge < -0.3 is 15.4 Å². The quantitative estimate of drug-likeness (QED) is 0.642. The third kappa shape index (κ3) is 4.08. The van der Waals surface area contributed by atoms with E-state index >= 15 is 0 Å². The standard InChI is InChI=1S/C20H21N3O4/c1-3-21-20(26)23-15-6-4-5-7-17(15)27-19(25)16(23)12-18(24)22-14-10-8-13(2)9-11-14/h4-11,16H,3,12H2,1-2H3,(H,21,26)(H,22,24)/t16-/m1/s1. The van der Waals surface area contributed by atoms with Crippen LogP contribution in [0.3, 0.4) is 0 Å². The molecule has 7 heteroatoms. The van der Waals surface area contributed by atoms with Crippen molar-refractivity contribution in [2.24, 2.45) is 0 Å². The van der Waals surface area contributed by atoms with E-state index in [1.807, 2.05) is 19.1 Å². The largest absolute Gasteiger partial charge is 0.423 e. The Hall–Kier alpha value is -3.35. The van der Waals surface area contributed by atoms with Crippen molar-refractivity contribution in [3.63, 3.8) is 0 Å². The summed E-state index contributed by atoms with van der Waals surface area (Å²) in [6.07, 6.45) is -0.210. The van der Waals surface area contributed by atoms with Crippen molar-refractivity contribution < 1.29 is 19.1 Å². The lowest BCUT2D eigenvalue weighted by Crippen LogP contribution is -2.54. The van der Waals surface area contributed by atoms with Gasteiger partial charge in [0.25, 0.3) is 0 Å². The van der Waals surface area contributed by atoms with Gasteiger partial charge in [0.15, 0.2) is 5.75 Å². The molecule has 2 aromatic carbocycles. The molecule has 3 rings (SSSR count). The summed E-state index contributed by atoms with van der Waals surface area (Å²) in [6.45, 7) is 4.13. The maximum atomic E-state index is 12.6. The van der Waals surface area contributed by atoms with Gasteiger partial charge in [-0.3, -0.25) is 9.69 Å². The first-order valence-electron chi connectivity index (χ1n) is 8.74. The van der Waals surface area contributed by atoms with Crippen LogP contribution in [-0.4, -0.2) is 30.5 Å². The number of ether oxygens (including phenoxy) is 1. The molecule has 140 valence electrons. The maximum Gasteiger partial charge on any atom is 0.335 e. The van der Waals surface area contributed by atoms with Crippen molar-refractivity contribution in [1.82, 2.24) is 5.32 Å². The normalized spacial score (nSPS) is 15.6. The Bertz CT molecular complexity index is 864. The van der Waals surface area contributed by atoms with Crippen LogP contribution in [0.4, 0.5) is 16.2 Å². The van der Waals surface area contributed by atoms with E-state index in [-0.39, 0.29) is 12.3 Å². The highest BCUT2D eigenvalue weighted by molar-refractivity contribution is 6.05. The smallest absolute Gasteiger partial charge is 0.335 e. The van der Waals surface area contributed by atoms with E-state index in [1.165, 1.54) is 4.90 Å². The van der Waals surface area contributed by atoms with E-state index < -0.39 is 18.0 Å². The van der Waals surface area contributed by atoms with E-state index in [1.54, 1.807) is 43.3 Å². The minimum absolute atomic E-state index is 0.210. The predicted molar refractivity (Wildman–Crippen MR) is 102 cm³/mol. The second kappa shape index (κ2) is 7.90. The highest BCUT2D eigenvalue weighted by Crippen LogP contribution is 2.35. The molecule has 3 amide bonds. The number of hydrogen-bond acceptors (Lipinski definition) is 4. The number of fused-ring (bicyclic) bond motifs is 1. The number of nitrogens with zero attached hydrogens (tertiary/aromatic N) is 1. The number of rotatable bonds is 4. The summed E-state index contributed by atoms with van der Waals surface area (Å²) in [7, 11) is 0. The van der Waals surface area contributed by atoms with Crippen LogP contribution >= 0.6 is 0 Å². The Morgan fingerprint density at radius 3 is 2.52 bits per heavy atom. The van der Waals surface area contributed by atoms with Gasteiger partial charge in [-0.25, -0.2) is 9.59 Å². The number of carbonyl (C=O) groups is 3. The Labute approximate surface area is 157 Å². The molecular formula is C20H21N3O4. The number of carbonyl (C=O) groups excluding carboxylic acids is 3. The molecule has 1 aliphatic rings. The summed E-state index contributed by atoms with van der Waals surface area (Å²) < 4.78 is 5.33. The Balaban J connectivity index is 1.83. The molecule has 1 heterocycles. The van der Waals surface area contributed by atoms with Gasteiger partial charge in [0.05, 0.1) is 12.1 Å². The number of urea groups is 1. The lowest BCUT2D eigenvalue weighted by molar-refractivity contribution is -0.138. The molecule has 0 unspecified atom stereocenters. The first kappa shape index (κ1) is 18.4. The zero-order chi connectivity index (χ0) is 19.4. The molecule has 0 saturated carbocycles. The highest BCUT2D eigenvalue weighted by Gasteiger charge is 2.39. The zero-order valence-electron chi connectivity index (χ0n) is 15.2. The monoisotopic (exact) mass is 367 g/mol. The van der Waals surface area contributed by atoms with E-state index in [0.717, 1.165) is 5.56 Å². The fraction of sp³-hybridized carbons (Fsp3) is 0.250. The molecule has 7 nitrogen and oxygen atoms in total. The molecule has 0 spiro atoms. The lowest BCUT2D eigenvalue weighted by Gasteiger charge is -2.34. The van der Waals surface area contributed by atoms with Gasteiger partial charge in [-0.1, -0.05) is 29.8 Å². The van der Waals surface area contributed by atoms with Gasteiger partial charge in [0.1, 0.15) is 6.04 Å². The summed E-state index contributed by atoms with van der Waals surface area (Å²) in [5.74, 6) is -0.725. The summed E-state index contributed by atoms with van der Waals surface area (Å²) in [6, 6.07) is 12.6. The van der Waals surface area contributed by atoms with Crippen molar-refractivity contribution >= 4 is 29.3 Å². The van der Waals surface area contributed by atoms with Gasteiger partial charge in [-0.2, -0.15) is 0 Å². The highest BCUT2D eigenvalue weighted by atomic mass is 16.5. The van der Waals surface area contributed by atoms with Gasteiger partial charge in [-0.15, -0.1) is 0 Å². The fourth-order valence-electron chi connectivity index (χ4n) is 2.88. The molecule has 27 heavy (non-hydrogen) atoms. The second-order valence-corrected chi connectivity index (χ2v) is 6.23. The predicted octanol–water partition coefficient (Wildman–Crippen LogP) is 2.85. The van der Waals surface area contributed by atoms with Gasteiger partial charge >= 0.3 is 12.0 Å². The number of amides is 3. The third-order valence-corrected chi connectivity index (χ3v) is 4.18. The van der Waals surface area contributed by atoms with Crippen LogP contribution in [0.2, 0.25) is 0 Å². The molecule has 1 atom stereocenters. The van der Waals surface area contributed by atoms with Crippen LogP contribution in [0.5, 0.6) is 5.75 Å². The summed E-state index contributed by atoms with van der Waals surface area (Å²) in [5.41, 5.74) is 2.15. The van der Waals surface area contributed by atoms with E-state index in [2.05, 4.69) is 10.6 Å². The average molecular weight is 367 g/mol. The summed E-state index contributed by atoms with van der Waals surface area (Å²) in [4.78, 5) is 38.8. The summed E-state index contributed by atoms with van der Waals surface area (Å²) in [5, 5.41) is 5.43. The number of anilines is 2. The number of aryl methyl sites for hydroxylation is 1. The maximum absolute atomic E-state index is 12.6. The Morgan fingerprint density at radius 2 is 1.81 bits per heavy atom. The minimum atomic E-state index is -1.04. The lowest BCUT2D eigenvalue weighted by atomic mass is 10.1. The number of esters is 1. The van der Waals surface area contributed by atoms with Crippen LogP contribution in [-0.2, 0) is 9.59 Å². The first-order valence-corrected chi connectivity index (χ1v) is 8.74. The topological polar surface area (TPSA) is 87.7 Å². The molecule has 1 aliphatic heterocycles. The molecule has 0 fully saturated rings. The molecule has 0 saturated heterocycles. The van der Waals surface area contributed by atoms with Gasteiger partial charge in [0.2, 0.25) is 5.91 Å². The minimum Gasteiger partial charge on any atom is -0.423 e. The molecule has 2 N–H and O–H groups in total. The van der Waals surface area contributed by atoms with Crippen LogP contribution < -0.4 is 20.3 Å². The van der Waals surface area contributed by atoms with Crippen molar-refractivity contribution in [2.45, 2.75) is 26.3 Å². The number of nitrogens with one attached hydrogen (secondary N) is 2. The van der Waals surface area contributed by atoms with Crippen molar-refractivity contribution in [3.05, 3.63) is 54.1 Å². The molecule has 0 bridgehead atoms. The van der Waals surface area contributed by atoms with Crippen LogP contribution in [0, 0.1) is 6.92 Å².